The summed E-state index contributed by atoms with van der Waals surface area (Å²) in [6.07, 6.45) is 4.07. The number of furan rings is 1. The van der Waals surface area contributed by atoms with Crippen LogP contribution in [0.1, 0.15) is 5.69 Å². The van der Waals surface area contributed by atoms with Crippen molar-refractivity contribution in [2.24, 2.45) is 0 Å². The standard InChI is InChI=1S/C27H18N3O.Pt/c1-2-9-21(10-3-1)30-17-16-29(19-30)18-20-8-6-14-25(28-20)24-13-7-12-23-22-11-4-5-15-26(22)31-27(23)24;/h1-9,11-12,14-17,19H,18H2;/q-3;. The van der Waals surface area contributed by atoms with Crippen molar-refractivity contribution in [2.45, 2.75) is 6.54 Å². The van der Waals surface area contributed by atoms with Gasteiger partial charge in [0.15, 0.2) is 0 Å². The predicted molar refractivity (Wildman–Crippen MR) is 123 cm³/mol. The number of pyridine rings is 1. The van der Waals surface area contributed by atoms with E-state index in [9.17, 15) is 0 Å². The Bertz CT molecular complexity index is 1410. The molecule has 0 saturated heterocycles. The fourth-order valence-electron chi connectivity index (χ4n) is 3.95. The fourth-order valence-corrected chi connectivity index (χ4v) is 3.95. The molecule has 0 N–H and O–H groups in total. The van der Waals surface area contributed by atoms with Gasteiger partial charge in [0.25, 0.3) is 0 Å². The van der Waals surface area contributed by atoms with Crippen LogP contribution in [0.25, 0.3) is 33.2 Å². The zero-order valence-electron chi connectivity index (χ0n) is 17.0. The molecule has 160 valence electrons. The molecule has 3 heterocycles. The minimum atomic E-state index is 0. The van der Waals surface area contributed by atoms with Gasteiger partial charge in [-0.25, -0.2) is 0 Å². The summed E-state index contributed by atoms with van der Waals surface area (Å²) >= 11 is 0. The monoisotopic (exact) mass is 595 g/mol. The van der Waals surface area contributed by atoms with Crippen LogP contribution < -0.4 is 4.90 Å². The number of anilines is 1. The van der Waals surface area contributed by atoms with Gasteiger partial charge in [-0.2, -0.15) is 37.0 Å². The Morgan fingerprint density at radius 3 is 2.66 bits per heavy atom. The number of hydrogen-bond acceptors (Lipinski definition) is 4. The van der Waals surface area contributed by atoms with Crippen molar-refractivity contribution >= 4 is 27.6 Å². The minimum absolute atomic E-state index is 0. The van der Waals surface area contributed by atoms with Crippen LogP contribution in [0.2, 0.25) is 0 Å². The largest absolute Gasteiger partial charge is 0.503 e. The first-order valence-corrected chi connectivity index (χ1v) is 10.2. The first-order valence-electron chi connectivity index (χ1n) is 10.2. The molecule has 2 aromatic heterocycles. The minimum Gasteiger partial charge on any atom is -0.503 e. The summed E-state index contributed by atoms with van der Waals surface area (Å²) < 4.78 is 6.17. The van der Waals surface area contributed by atoms with E-state index in [4.69, 9.17) is 9.40 Å². The molecule has 0 radical (unpaired) electrons. The Labute approximate surface area is 201 Å². The van der Waals surface area contributed by atoms with Gasteiger partial charge in [-0.3, -0.25) is 4.98 Å². The average Bonchev–Trinajstić information content (AvgIpc) is 3.44. The summed E-state index contributed by atoms with van der Waals surface area (Å²) in [5, 5.41) is 2.20. The van der Waals surface area contributed by atoms with Crippen molar-refractivity contribution < 1.29 is 25.5 Å². The summed E-state index contributed by atoms with van der Waals surface area (Å²) in [7, 11) is 0. The fraction of sp³-hybridized carbons (Fsp3) is 0.0370. The molecule has 0 saturated carbocycles. The molecule has 4 nitrogen and oxygen atoms in total. The molecule has 0 amide bonds. The van der Waals surface area contributed by atoms with E-state index in [-0.39, 0.29) is 21.1 Å². The van der Waals surface area contributed by atoms with Crippen molar-refractivity contribution in [3.8, 4) is 11.3 Å². The van der Waals surface area contributed by atoms with Crippen molar-refractivity contribution in [3.63, 3.8) is 0 Å². The van der Waals surface area contributed by atoms with Gasteiger partial charge in [-0.15, -0.1) is 23.9 Å². The van der Waals surface area contributed by atoms with Gasteiger partial charge in [-0.05, 0) is 30.2 Å². The molecule has 0 bridgehead atoms. The van der Waals surface area contributed by atoms with E-state index in [0.29, 0.717) is 6.54 Å². The zero-order chi connectivity index (χ0) is 20.6. The van der Waals surface area contributed by atoms with Crippen LogP contribution in [0.3, 0.4) is 0 Å². The Kier molecular flexibility index (Phi) is 5.55. The van der Waals surface area contributed by atoms with Crippen LogP contribution in [0.15, 0.2) is 95.7 Å². The molecule has 0 unspecified atom stereocenters. The molecule has 32 heavy (non-hydrogen) atoms. The quantitative estimate of drug-likeness (QED) is 0.233. The number of aromatic nitrogens is 1. The first kappa shape index (κ1) is 20.5. The van der Waals surface area contributed by atoms with Gasteiger partial charge in [-0.1, -0.05) is 41.3 Å². The second kappa shape index (κ2) is 8.64. The van der Waals surface area contributed by atoms with Crippen LogP contribution in [0, 0.1) is 18.8 Å². The Hall–Kier alpha value is -3.36. The molecular weight excluding hydrogens is 577 g/mol. The molecule has 0 fully saturated rings. The van der Waals surface area contributed by atoms with Crippen molar-refractivity contribution in [1.29, 1.82) is 0 Å². The summed E-state index contributed by atoms with van der Waals surface area (Å²) in [5.41, 5.74) is 5.43. The summed E-state index contributed by atoms with van der Waals surface area (Å²) in [4.78, 5) is 9.07. The second-order valence-corrected chi connectivity index (χ2v) is 7.45. The SMILES string of the molecule is [Pt].[c-]1ccccc1N1C=CN(Cc2cccc(-c3[c-]ccc4c3oc3ccccc34)n2)[CH-]1. The first-order chi connectivity index (χ1) is 15.3. The Morgan fingerprint density at radius 2 is 1.75 bits per heavy atom. The molecule has 0 aliphatic carbocycles. The maximum Gasteiger partial charge on any atom is 0.120 e. The number of rotatable bonds is 4. The normalized spacial score (nSPS) is 13.1. The zero-order valence-corrected chi connectivity index (χ0v) is 19.3. The molecule has 5 aromatic rings. The van der Waals surface area contributed by atoms with Gasteiger partial charge < -0.3 is 14.2 Å². The van der Waals surface area contributed by atoms with Crippen molar-refractivity contribution in [3.05, 3.63) is 116 Å². The smallest absolute Gasteiger partial charge is 0.120 e. The third kappa shape index (κ3) is 3.72. The van der Waals surface area contributed by atoms with Gasteiger partial charge in [0.2, 0.25) is 0 Å². The van der Waals surface area contributed by atoms with Crippen LogP contribution in [-0.4, -0.2) is 9.88 Å². The predicted octanol–water partition coefficient (Wildman–Crippen LogP) is 6.16. The average molecular weight is 596 g/mol. The van der Waals surface area contributed by atoms with Gasteiger partial charge in [0.05, 0.1) is 5.58 Å². The molecular formula is C27H18N3OPt-3. The molecule has 1 aliphatic rings. The van der Waals surface area contributed by atoms with E-state index < -0.39 is 0 Å². The van der Waals surface area contributed by atoms with Gasteiger partial charge in [0.1, 0.15) is 5.58 Å². The van der Waals surface area contributed by atoms with E-state index in [1.807, 2.05) is 96.8 Å². The third-order valence-corrected chi connectivity index (χ3v) is 5.41. The number of benzene rings is 3. The summed E-state index contributed by atoms with van der Waals surface area (Å²) in [6, 6.07) is 32.7. The second-order valence-electron chi connectivity index (χ2n) is 7.45. The summed E-state index contributed by atoms with van der Waals surface area (Å²) in [5.74, 6) is 0. The molecule has 3 aromatic carbocycles. The Balaban J connectivity index is 0.00000216. The summed E-state index contributed by atoms with van der Waals surface area (Å²) in [6.45, 7) is 2.72. The number of hydrogen-bond donors (Lipinski definition) is 0. The van der Waals surface area contributed by atoms with E-state index in [1.165, 1.54) is 0 Å². The van der Waals surface area contributed by atoms with Crippen molar-refractivity contribution in [2.75, 3.05) is 4.90 Å². The van der Waals surface area contributed by atoms with Crippen LogP contribution >= 0.6 is 0 Å². The molecule has 0 spiro atoms. The van der Waals surface area contributed by atoms with Crippen molar-refractivity contribution in [1.82, 2.24) is 9.88 Å². The van der Waals surface area contributed by atoms with Crippen LogP contribution in [0.5, 0.6) is 0 Å². The number of para-hydroxylation sites is 2. The maximum atomic E-state index is 6.17. The third-order valence-electron chi connectivity index (χ3n) is 5.41. The number of fused-ring (bicyclic) bond motifs is 3. The van der Waals surface area contributed by atoms with E-state index in [1.54, 1.807) is 0 Å². The maximum absolute atomic E-state index is 6.17. The van der Waals surface area contributed by atoms with Gasteiger partial charge in [0, 0.05) is 38.7 Å². The number of nitrogens with zero attached hydrogens (tertiary/aromatic N) is 3. The molecule has 5 heteroatoms. The van der Waals surface area contributed by atoms with Gasteiger partial charge >= 0.3 is 0 Å². The van der Waals surface area contributed by atoms with Crippen LogP contribution in [-0.2, 0) is 27.6 Å². The van der Waals surface area contributed by atoms with E-state index in [2.05, 4.69) is 23.1 Å². The molecule has 0 atom stereocenters. The van der Waals surface area contributed by atoms with E-state index >= 15 is 0 Å². The molecule has 1 aliphatic heterocycles. The topological polar surface area (TPSA) is 32.5 Å². The molecule has 6 rings (SSSR count). The van der Waals surface area contributed by atoms with E-state index in [0.717, 1.165) is 44.6 Å². The Morgan fingerprint density at radius 1 is 0.844 bits per heavy atom. The van der Waals surface area contributed by atoms with Crippen LogP contribution in [0.4, 0.5) is 5.69 Å².